The van der Waals surface area contributed by atoms with Crippen molar-refractivity contribution in [3.05, 3.63) is 39.8 Å². The van der Waals surface area contributed by atoms with Gasteiger partial charge in [0.2, 0.25) is 10.0 Å². The fourth-order valence-corrected chi connectivity index (χ4v) is 3.87. The molecule has 5 nitrogen and oxygen atoms in total. The van der Waals surface area contributed by atoms with Gasteiger partial charge in [0.1, 0.15) is 0 Å². The first kappa shape index (κ1) is 14.5. The largest absolute Gasteiger partial charge is 0.365 e. The number of sulfonamides is 1. The number of primary sulfonamides is 1. The lowest BCUT2D eigenvalue weighted by molar-refractivity contribution is 0.597. The minimum absolute atomic E-state index is 0.185. The minimum Gasteiger partial charge on any atom is -0.365 e. The molecule has 112 valence electrons. The molecule has 2 heterocycles. The summed E-state index contributed by atoms with van der Waals surface area (Å²) in [6, 6.07) is 5.10. The number of aryl methyl sites for hydroxylation is 1. The van der Waals surface area contributed by atoms with E-state index in [4.69, 9.17) is 5.14 Å². The molecule has 0 bridgehead atoms. The van der Waals surface area contributed by atoms with Crippen molar-refractivity contribution >= 4 is 27.0 Å². The van der Waals surface area contributed by atoms with Gasteiger partial charge >= 0.3 is 0 Å². The molecule has 0 aliphatic carbocycles. The average molecular weight is 323 g/mol. The fourth-order valence-electron chi connectivity index (χ4n) is 2.57. The van der Waals surface area contributed by atoms with Gasteiger partial charge in [0.15, 0.2) is 0 Å². The van der Waals surface area contributed by atoms with Gasteiger partial charge in [0.25, 0.3) is 0 Å². The first-order valence-electron chi connectivity index (χ1n) is 6.81. The SMILES string of the molecule is CCc1nc(CN2CCc3cc(S(N)(=O)=O)ccc32)cs1. The maximum absolute atomic E-state index is 11.4. The molecular formula is C14H17N3O2S2. The van der Waals surface area contributed by atoms with Gasteiger partial charge in [0, 0.05) is 17.6 Å². The van der Waals surface area contributed by atoms with E-state index in [9.17, 15) is 8.42 Å². The number of thiazole rings is 1. The lowest BCUT2D eigenvalue weighted by atomic mass is 10.2. The Labute approximate surface area is 128 Å². The highest BCUT2D eigenvalue weighted by atomic mass is 32.2. The number of hydrogen-bond acceptors (Lipinski definition) is 5. The van der Waals surface area contributed by atoms with Crippen LogP contribution in [0.1, 0.15) is 23.2 Å². The van der Waals surface area contributed by atoms with Crippen LogP contribution < -0.4 is 10.0 Å². The van der Waals surface area contributed by atoms with Gasteiger partial charge in [0.05, 0.1) is 22.1 Å². The Morgan fingerprint density at radius 2 is 2.24 bits per heavy atom. The van der Waals surface area contributed by atoms with E-state index in [1.165, 1.54) is 0 Å². The third kappa shape index (κ3) is 2.95. The van der Waals surface area contributed by atoms with Crippen molar-refractivity contribution in [3.8, 4) is 0 Å². The van der Waals surface area contributed by atoms with Crippen LogP contribution >= 0.6 is 11.3 Å². The zero-order chi connectivity index (χ0) is 15.0. The summed E-state index contributed by atoms with van der Waals surface area (Å²) in [4.78, 5) is 7.00. The second-order valence-corrected chi connectivity index (χ2v) is 7.60. The molecule has 0 unspecified atom stereocenters. The van der Waals surface area contributed by atoms with Crippen LogP contribution in [-0.2, 0) is 29.4 Å². The quantitative estimate of drug-likeness (QED) is 0.932. The number of rotatable bonds is 4. The Kier molecular flexibility index (Phi) is 3.73. The predicted molar refractivity (Wildman–Crippen MR) is 84.1 cm³/mol. The molecule has 2 N–H and O–H groups in total. The molecule has 2 aromatic rings. The summed E-state index contributed by atoms with van der Waals surface area (Å²) < 4.78 is 22.8. The number of anilines is 1. The van der Waals surface area contributed by atoms with Crippen LogP contribution in [0.15, 0.2) is 28.5 Å². The summed E-state index contributed by atoms with van der Waals surface area (Å²) in [6.45, 7) is 3.74. The van der Waals surface area contributed by atoms with Gasteiger partial charge in [-0.3, -0.25) is 0 Å². The van der Waals surface area contributed by atoms with E-state index < -0.39 is 10.0 Å². The molecule has 0 fully saturated rings. The molecule has 0 spiro atoms. The second kappa shape index (κ2) is 5.40. The number of nitrogens with two attached hydrogens (primary N) is 1. The number of benzene rings is 1. The van der Waals surface area contributed by atoms with Crippen molar-refractivity contribution in [2.24, 2.45) is 5.14 Å². The van der Waals surface area contributed by atoms with Gasteiger partial charge < -0.3 is 4.90 Å². The molecule has 0 radical (unpaired) electrons. The Balaban J connectivity index is 1.84. The van der Waals surface area contributed by atoms with Crippen LogP contribution in [0.5, 0.6) is 0 Å². The van der Waals surface area contributed by atoms with Crippen LogP contribution in [0.3, 0.4) is 0 Å². The summed E-state index contributed by atoms with van der Waals surface area (Å²) >= 11 is 1.69. The van der Waals surface area contributed by atoms with Crippen LogP contribution in [0.25, 0.3) is 0 Å². The van der Waals surface area contributed by atoms with Gasteiger partial charge in [-0.1, -0.05) is 6.92 Å². The van der Waals surface area contributed by atoms with Crippen molar-refractivity contribution < 1.29 is 8.42 Å². The summed E-state index contributed by atoms with van der Waals surface area (Å²) in [7, 11) is -3.63. The molecule has 1 aromatic carbocycles. The van der Waals surface area contributed by atoms with Crippen LogP contribution in [0.2, 0.25) is 0 Å². The highest BCUT2D eigenvalue weighted by Crippen LogP contribution is 2.31. The topological polar surface area (TPSA) is 76.3 Å². The Morgan fingerprint density at radius 3 is 2.90 bits per heavy atom. The molecule has 0 saturated heterocycles. The molecule has 21 heavy (non-hydrogen) atoms. The number of fused-ring (bicyclic) bond motifs is 1. The van der Waals surface area contributed by atoms with Gasteiger partial charge in [-0.05, 0) is 36.6 Å². The van der Waals surface area contributed by atoms with Crippen LogP contribution in [-0.4, -0.2) is 19.9 Å². The lowest BCUT2D eigenvalue weighted by Crippen LogP contribution is -2.20. The molecule has 7 heteroatoms. The van der Waals surface area contributed by atoms with E-state index >= 15 is 0 Å². The monoisotopic (exact) mass is 323 g/mol. The number of aromatic nitrogens is 1. The molecule has 1 aliphatic heterocycles. The van der Waals surface area contributed by atoms with E-state index in [0.717, 1.165) is 47.9 Å². The smallest absolute Gasteiger partial charge is 0.238 e. The summed E-state index contributed by atoms with van der Waals surface area (Å²) in [5.41, 5.74) is 3.18. The zero-order valence-electron chi connectivity index (χ0n) is 11.7. The normalized spacial score (nSPS) is 14.5. The first-order valence-corrected chi connectivity index (χ1v) is 9.24. The summed E-state index contributed by atoms with van der Waals surface area (Å²) in [5, 5.41) is 8.42. The highest BCUT2D eigenvalue weighted by molar-refractivity contribution is 7.89. The van der Waals surface area contributed by atoms with E-state index in [0.29, 0.717) is 0 Å². The molecular weight excluding hydrogens is 306 g/mol. The third-order valence-electron chi connectivity index (χ3n) is 3.63. The van der Waals surface area contributed by atoms with Crippen molar-refractivity contribution in [2.75, 3.05) is 11.4 Å². The van der Waals surface area contributed by atoms with Crippen molar-refractivity contribution in [1.29, 1.82) is 0 Å². The van der Waals surface area contributed by atoms with E-state index in [1.807, 2.05) is 6.07 Å². The Morgan fingerprint density at radius 1 is 1.43 bits per heavy atom. The van der Waals surface area contributed by atoms with Crippen molar-refractivity contribution in [2.45, 2.75) is 31.2 Å². The third-order valence-corrected chi connectivity index (χ3v) is 5.58. The highest BCUT2D eigenvalue weighted by Gasteiger charge is 2.22. The molecule has 1 aliphatic rings. The zero-order valence-corrected chi connectivity index (χ0v) is 13.4. The van der Waals surface area contributed by atoms with E-state index in [2.05, 4.69) is 22.2 Å². The maximum Gasteiger partial charge on any atom is 0.238 e. The summed E-state index contributed by atoms with van der Waals surface area (Å²) in [5.74, 6) is 0. The number of nitrogens with zero attached hydrogens (tertiary/aromatic N) is 2. The van der Waals surface area contributed by atoms with Crippen LogP contribution in [0.4, 0.5) is 5.69 Å². The molecule has 0 saturated carbocycles. The Bertz CT molecular complexity index is 768. The van der Waals surface area contributed by atoms with Gasteiger partial charge in [-0.2, -0.15) is 0 Å². The van der Waals surface area contributed by atoms with Crippen molar-refractivity contribution in [1.82, 2.24) is 4.98 Å². The minimum atomic E-state index is -3.63. The first-order chi connectivity index (χ1) is 9.97. The maximum atomic E-state index is 11.4. The Hall–Kier alpha value is -1.44. The molecule has 1 aromatic heterocycles. The molecule has 0 amide bonds. The van der Waals surface area contributed by atoms with E-state index in [1.54, 1.807) is 23.5 Å². The van der Waals surface area contributed by atoms with Gasteiger partial charge in [-0.25, -0.2) is 18.5 Å². The fraction of sp³-hybridized carbons (Fsp3) is 0.357. The number of hydrogen-bond donors (Lipinski definition) is 1. The molecule has 3 rings (SSSR count). The predicted octanol–water partition coefficient (Wildman–Crippen LogP) is 1.92. The van der Waals surface area contributed by atoms with Gasteiger partial charge in [-0.15, -0.1) is 11.3 Å². The lowest BCUT2D eigenvalue weighted by Gasteiger charge is -2.18. The molecule has 0 atom stereocenters. The van der Waals surface area contributed by atoms with E-state index in [-0.39, 0.29) is 4.90 Å². The average Bonchev–Trinajstić information content (AvgIpc) is 3.05. The van der Waals surface area contributed by atoms with Crippen molar-refractivity contribution in [3.63, 3.8) is 0 Å². The summed E-state index contributed by atoms with van der Waals surface area (Å²) in [6.07, 6.45) is 1.79. The standard InChI is InChI=1S/C14H17N3O2S2/c1-2-14-16-11(9-20-14)8-17-6-5-10-7-12(21(15,18)19)3-4-13(10)17/h3-4,7,9H,2,5-6,8H2,1H3,(H2,15,18,19). The van der Waals surface area contributed by atoms with Crippen LogP contribution in [0, 0.1) is 0 Å². The second-order valence-electron chi connectivity index (χ2n) is 5.09.